The molecule has 0 saturated carbocycles. The van der Waals surface area contributed by atoms with Crippen molar-refractivity contribution in [3.8, 4) is 5.69 Å². The van der Waals surface area contributed by atoms with Gasteiger partial charge in [0.1, 0.15) is 12.6 Å². The van der Waals surface area contributed by atoms with E-state index in [-0.39, 0.29) is 5.92 Å². The number of hydrogen-bond acceptors (Lipinski definition) is 4. The van der Waals surface area contributed by atoms with Gasteiger partial charge in [-0.25, -0.2) is 4.68 Å². The van der Waals surface area contributed by atoms with E-state index in [1.54, 1.807) is 11.0 Å². The molecule has 86 valence electrons. The van der Waals surface area contributed by atoms with Crippen LogP contribution < -0.4 is 0 Å². The predicted octanol–water partition coefficient (Wildman–Crippen LogP) is 1.28. The lowest BCUT2D eigenvalue weighted by Crippen LogP contribution is -2.11. The minimum atomic E-state index is 0.0571. The molecule has 5 nitrogen and oxygen atoms in total. The number of carbonyl (C=O) groups excluding carboxylic acids is 1. The van der Waals surface area contributed by atoms with Crippen LogP contribution in [-0.2, 0) is 11.2 Å². The van der Waals surface area contributed by atoms with Crippen LogP contribution in [0, 0.1) is 0 Å². The normalized spacial score (nSPS) is 18.7. The summed E-state index contributed by atoms with van der Waals surface area (Å²) in [4.78, 5) is 11.0. The Kier molecular flexibility index (Phi) is 2.44. The Balaban J connectivity index is 2.04. The fourth-order valence-corrected chi connectivity index (χ4v) is 2.40. The number of aldehydes is 1. The van der Waals surface area contributed by atoms with Crippen molar-refractivity contribution in [2.75, 3.05) is 0 Å². The minimum Gasteiger partial charge on any atom is -0.303 e. The average Bonchev–Trinajstić information content (AvgIpc) is 2.91. The Morgan fingerprint density at radius 3 is 3.12 bits per heavy atom. The third-order valence-electron chi connectivity index (χ3n) is 3.27. The molecule has 1 heterocycles. The Morgan fingerprint density at radius 1 is 1.41 bits per heavy atom. The lowest BCUT2D eigenvalue weighted by molar-refractivity contribution is -0.109. The smallest absolute Gasteiger partial charge is 0.143 e. The molecular formula is C12H12N4O. The van der Waals surface area contributed by atoms with Crippen LogP contribution in [0.2, 0.25) is 0 Å². The highest BCUT2D eigenvalue weighted by Crippen LogP contribution is 2.31. The van der Waals surface area contributed by atoms with Crippen LogP contribution in [0.4, 0.5) is 0 Å². The summed E-state index contributed by atoms with van der Waals surface area (Å²) in [6.45, 7) is 0. The van der Waals surface area contributed by atoms with Crippen LogP contribution in [0.15, 0.2) is 24.5 Å². The third kappa shape index (κ3) is 1.73. The van der Waals surface area contributed by atoms with Gasteiger partial charge in [0, 0.05) is 5.92 Å². The highest BCUT2D eigenvalue weighted by atomic mass is 16.1. The number of carbonyl (C=O) groups is 1. The molecule has 0 aliphatic heterocycles. The second-order valence-electron chi connectivity index (χ2n) is 4.27. The van der Waals surface area contributed by atoms with E-state index in [0.717, 1.165) is 36.8 Å². The first-order chi connectivity index (χ1) is 8.38. The van der Waals surface area contributed by atoms with E-state index >= 15 is 0 Å². The van der Waals surface area contributed by atoms with E-state index in [4.69, 9.17) is 0 Å². The van der Waals surface area contributed by atoms with Crippen molar-refractivity contribution in [3.05, 3.63) is 35.7 Å². The molecule has 0 fully saturated rings. The van der Waals surface area contributed by atoms with E-state index in [1.807, 2.05) is 12.1 Å². The number of tetrazole rings is 1. The Hall–Kier alpha value is -2.04. The number of rotatable bonds is 2. The SMILES string of the molecule is O=CC1CCCc2cc(-n3cnnn3)ccc21. The monoisotopic (exact) mass is 228 g/mol. The quantitative estimate of drug-likeness (QED) is 0.726. The third-order valence-corrected chi connectivity index (χ3v) is 3.27. The van der Waals surface area contributed by atoms with Crippen molar-refractivity contribution in [2.45, 2.75) is 25.2 Å². The van der Waals surface area contributed by atoms with Gasteiger partial charge in [-0.2, -0.15) is 0 Å². The Morgan fingerprint density at radius 2 is 2.35 bits per heavy atom. The van der Waals surface area contributed by atoms with Crippen molar-refractivity contribution in [3.63, 3.8) is 0 Å². The average molecular weight is 228 g/mol. The maximum atomic E-state index is 11.0. The molecule has 0 N–H and O–H groups in total. The van der Waals surface area contributed by atoms with E-state index in [2.05, 4.69) is 21.6 Å². The number of aromatic nitrogens is 4. The van der Waals surface area contributed by atoms with Crippen LogP contribution in [-0.4, -0.2) is 26.5 Å². The van der Waals surface area contributed by atoms with Gasteiger partial charge in [0.15, 0.2) is 0 Å². The summed E-state index contributed by atoms with van der Waals surface area (Å²) in [5.74, 6) is 0.0571. The first-order valence-corrected chi connectivity index (χ1v) is 5.70. The zero-order valence-electron chi connectivity index (χ0n) is 9.28. The molecular weight excluding hydrogens is 216 g/mol. The Labute approximate surface area is 98.5 Å². The molecule has 0 amide bonds. The van der Waals surface area contributed by atoms with E-state index in [0.29, 0.717) is 0 Å². The summed E-state index contributed by atoms with van der Waals surface area (Å²) in [7, 11) is 0. The van der Waals surface area contributed by atoms with Gasteiger partial charge in [0.2, 0.25) is 0 Å². The maximum absolute atomic E-state index is 11.0. The summed E-state index contributed by atoms with van der Waals surface area (Å²) < 4.78 is 1.63. The molecule has 1 aromatic heterocycles. The first-order valence-electron chi connectivity index (χ1n) is 5.70. The molecule has 17 heavy (non-hydrogen) atoms. The van der Waals surface area contributed by atoms with Gasteiger partial charge in [-0.1, -0.05) is 6.07 Å². The van der Waals surface area contributed by atoms with Crippen LogP contribution >= 0.6 is 0 Å². The molecule has 5 heteroatoms. The summed E-state index contributed by atoms with van der Waals surface area (Å²) in [6, 6.07) is 6.04. The molecule has 1 atom stereocenters. The van der Waals surface area contributed by atoms with Crippen molar-refractivity contribution in [1.29, 1.82) is 0 Å². The van der Waals surface area contributed by atoms with Crippen molar-refractivity contribution in [2.24, 2.45) is 0 Å². The van der Waals surface area contributed by atoms with Gasteiger partial charge in [-0.3, -0.25) is 0 Å². The molecule has 1 aliphatic carbocycles. The summed E-state index contributed by atoms with van der Waals surface area (Å²) >= 11 is 0. The Bertz CT molecular complexity index is 535. The van der Waals surface area contributed by atoms with Crippen molar-refractivity contribution < 1.29 is 4.79 Å². The van der Waals surface area contributed by atoms with Gasteiger partial charge < -0.3 is 4.79 Å². The standard InChI is InChI=1S/C12H12N4O/c17-7-10-3-1-2-9-6-11(4-5-12(9)10)16-8-13-14-15-16/h4-8,10H,1-3H2. The molecule has 2 aromatic rings. The summed E-state index contributed by atoms with van der Waals surface area (Å²) in [5, 5.41) is 11.1. The predicted molar refractivity (Wildman–Crippen MR) is 60.9 cm³/mol. The van der Waals surface area contributed by atoms with Gasteiger partial charge >= 0.3 is 0 Å². The lowest BCUT2D eigenvalue weighted by atomic mass is 9.83. The molecule has 1 aliphatic rings. The molecule has 3 rings (SSSR count). The highest BCUT2D eigenvalue weighted by Gasteiger charge is 2.19. The molecule has 0 saturated heterocycles. The van der Waals surface area contributed by atoms with E-state index in [1.165, 1.54) is 5.56 Å². The maximum Gasteiger partial charge on any atom is 0.143 e. The zero-order chi connectivity index (χ0) is 11.7. The largest absolute Gasteiger partial charge is 0.303 e. The van der Waals surface area contributed by atoms with Crippen molar-refractivity contribution in [1.82, 2.24) is 20.2 Å². The van der Waals surface area contributed by atoms with Gasteiger partial charge in [0.25, 0.3) is 0 Å². The fourth-order valence-electron chi connectivity index (χ4n) is 2.40. The van der Waals surface area contributed by atoms with Gasteiger partial charge in [-0.15, -0.1) is 5.10 Å². The minimum absolute atomic E-state index is 0.0571. The van der Waals surface area contributed by atoms with E-state index < -0.39 is 0 Å². The fraction of sp³-hybridized carbons (Fsp3) is 0.333. The van der Waals surface area contributed by atoms with Gasteiger partial charge in [0.05, 0.1) is 5.69 Å². The second-order valence-corrected chi connectivity index (χ2v) is 4.27. The lowest BCUT2D eigenvalue weighted by Gasteiger charge is -2.21. The summed E-state index contributed by atoms with van der Waals surface area (Å²) in [5.41, 5.74) is 3.34. The molecule has 1 unspecified atom stereocenters. The molecule has 0 spiro atoms. The topological polar surface area (TPSA) is 60.7 Å². The van der Waals surface area contributed by atoms with Crippen LogP contribution in [0.25, 0.3) is 5.69 Å². The zero-order valence-corrected chi connectivity index (χ0v) is 9.28. The number of hydrogen-bond donors (Lipinski definition) is 0. The highest BCUT2D eigenvalue weighted by molar-refractivity contribution is 5.64. The van der Waals surface area contributed by atoms with Crippen molar-refractivity contribution >= 4 is 6.29 Å². The first kappa shape index (κ1) is 10.1. The van der Waals surface area contributed by atoms with E-state index in [9.17, 15) is 4.79 Å². The van der Waals surface area contributed by atoms with Gasteiger partial charge in [-0.05, 0) is 52.9 Å². The number of nitrogens with zero attached hydrogens (tertiary/aromatic N) is 4. The number of aryl methyl sites for hydroxylation is 1. The molecule has 0 bridgehead atoms. The number of benzene rings is 1. The molecule has 0 radical (unpaired) electrons. The van der Waals surface area contributed by atoms with Crippen LogP contribution in [0.3, 0.4) is 0 Å². The number of fused-ring (bicyclic) bond motifs is 1. The molecule has 1 aromatic carbocycles. The summed E-state index contributed by atoms with van der Waals surface area (Å²) in [6.07, 6.45) is 5.67. The second kappa shape index (κ2) is 4.08. The van der Waals surface area contributed by atoms with Crippen LogP contribution in [0.5, 0.6) is 0 Å². The van der Waals surface area contributed by atoms with Crippen LogP contribution in [0.1, 0.15) is 29.9 Å².